The third-order valence-electron chi connectivity index (χ3n) is 4.45. The van der Waals surface area contributed by atoms with Crippen LogP contribution in [0.2, 0.25) is 0 Å². The molecule has 1 aliphatic heterocycles. The van der Waals surface area contributed by atoms with Crippen LogP contribution in [0.5, 0.6) is 5.75 Å². The first-order valence-electron chi connectivity index (χ1n) is 8.95. The molecule has 8 nitrogen and oxygen atoms in total. The monoisotopic (exact) mass is 419 g/mol. The maximum Gasteiger partial charge on any atom is 0.342 e. The van der Waals surface area contributed by atoms with Crippen LogP contribution in [0, 0.1) is 0 Å². The summed E-state index contributed by atoms with van der Waals surface area (Å²) in [5, 5.41) is 0. The summed E-state index contributed by atoms with van der Waals surface area (Å²) < 4.78 is 41.9. The van der Waals surface area contributed by atoms with Crippen molar-refractivity contribution in [2.24, 2.45) is 0 Å². The molecule has 0 aliphatic carbocycles. The van der Waals surface area contributed by atoms with E-state index < -0.39 is 28.4 Å². The van der Waals surface area contributed by atoms with Crippen molar-refractivity contribution < 1.29 is 32.2 Å². The van der Waals surface area contributed by atoms with E-state index in [2.05, 4.69) is 0 Å². The second-order valence-electron chi connectivity index (χ2n) is 6.24. The van der Waals surface area contributed by atoms with Gasteiger partial charge in [-0.15, -0.1) is 0 Å². The van der Waals surface area contributed by atoms with Crippen LogP contribution in [0.3, 0.4) is 0 Å². The minimum atomic E-state index is -3.63. The predicted molar refractivity (Wildman–Crippen MR) is 104 cm³/mol. The standard InChI is InChI=1S/C20H21NO7S/c1-26-19-5-3-2-4-17(19)20(23)28-14-18(22)15-6-8-16(9-7-15)29(24,25)21-10-12-27-13-11-21/h2-9H,10-14H2,1H3. The van der Waals surface area contributed by atoms with Crippen LogP contribution in [0.25, 0.3) is 0 Å². The highest BCUT2D eigenvalue weighted by atomic mass is 32.2. The number of benzene rings is 2. The van der Waals surface area contributed by atoms with Crippen molar-refractivity contribution in [3.05, 3.63) is 59.7 Å². The Bertz CT molecular complexity index is 980. The summed E-state index contributed by atoms with van der Waals surface area (Å²) in [6.07, 6.45) is 0. The first kappa shape index (κ1) is 21.0. The fraction of sp³-hybridized carbons (Fsp3) is 0.300. The highest BCUT2D eigenvalue weighted by molar-refractivity contribution is 7.89. The van der Waals surface area contributed by atoms with Crippen molar-refractivity contribution in [2.45, 2.75) is 4.90 Å². The molecule has 0 amide bonds. The number of rotatable bonds is 7. The molecule has 2 aromatic carbocycles. The number of carbonyl (C=O) groups is 2. The highest BCUT2D eigenvalue weighted by Crippen LogP contribution is 2.20. The molecule has 0 saturated carbocycles. The first-order chi connectivity index (χ1) is 13.9. The average molecular weight is 419 g/mol. The van der Waals surface area contributed by atoms with Crippen LogP contribution in [0.4, 0.5) is 0 Å². The Hall–Kier alpha value is -2.75. The number of esters is 1. The Morgan fingerprint density at radius 3 is 2.34 bits per heavy atom. The van der Waals surface area contributed by atoms with E-state index in [1.807, 2.05) is 0 Å². The van der Waals surface area contributed by atoms with Crippen LogP contribution in [-0.2, 0) is 19.5 Å². The maximum atomic E-state index is 12.6. The zero-order chi connectivity index (χ0) is 20.9. The molecular weight excluding hydrogens is 398 g/mol. The molecule has 1 fully saturated rings. The van der Waals surface area contributed by atoms with Gasteiger partial charge in [0.15, 0.2) is 12.4 Å². The lowest BCUT2D eigenvalue weighted by molar-refractivity contribution is 0.0471. The van der Waals surface area contributed by atoms with Gasteiger partial charge in [0.2, 0.25) is 10.0 Å². The van der Waals surface area contributed by atoms with Gasteiger partial charge in [-0.25, -0.2) is 13.2 Å². The molecule has 1 aliphatic rings. The minimum Gasteiger partial charge on any atom is -0.496 e. The van der Waals surface area contributed by atoms with Crippen molar-refractivity contribution in [1.29, 1.82) is 0 Å². The lowest BCUT2D eigenvalue weighted by atomic mass is 10.1. The van der Waals surface area contributed by atoms with E-state index in [1.54, 1.807) is 18.2 Å². The van der Waals surface area contributed by atoms with E-state index in [0.717, 1.165) is 0 Å². The summed E-state index contributed by atoms with van der Waals surface area (Å²) in [7, 11) is -2.20. The normalized spacial score (nSPS) is 14.9. The van der Waals surface area contributed by atoms with Crippen molar-refractivity contribution in [2.75, 3.05) is 40.0 Å². The topological polar surface area (TPSA) is 99.2 Å². The van der Waals surface area contributed by atoms with Crippen molar-refractivity contribution in [3.63, 3.8) is 0 Å². The van der Waals surface area contributed by atoms with E-state index in [4.69, 9.17) is 14.2 Å². The van der Waals surface area contributed by atoms with Gasteiger partial charge in [-0.2, -0.15) is 4.31 Å². The van der Waals surface area contributed by atoms with Crippen molar-refractivity contribution >= 4 is 21.8 Å². The van der Waals surface area contributed by atoms with Crippen LogP contribution in [0.1, 0.15) is 20.7 Å². The fourth-order valence-corrected chi connectivity index (χ4v) is 4.26. The Morgan fingerprint density at radius 2 is 1.69 bits per heavy atom. The van der Waals surface area contributed by atoms with Gasteiger partial charge < -0.3 is 14.2 Å². The van der Waals surface area contributed by atoms with Gasteiger partial charge in [-0.1, -0.05) is 12.1 Å². The number of hydrogen-bond acceptors (Lipinski definition) is 7. The van der Waals surface area contributed by atoms with E-state index in [0.29, 0.717) is 32.1 Å². The minimum absolute atomic E-state index is 0.0990. The fourth-order valence-electron chi connectivity index (χ4n) is 2.85. The van der Waals surface area contributed by atoms with Crippen LogP contribution in [0.15, 0.2) is 53.4 Å². The number of carbonyl (C=O) groups excluding carboxylic acids is 2. The molecule has 0 radical (unpaired) electrons. The number of nitrogens with zero attached hydrogens (tertiary/aromatic N) is 1. The number of morpholine rings is 1. The Balaban J connectivity index is 1.64. The molecule has 0 atom stereocenters. The van der Waals surface area contributed by atoms with E-state index in [1.165, 1.54) is 41.7 Å². The average Bonchev–Trinajstić information content (AvgIpc) is 2.77. The number of ether oxygens (including phenoxy) is 3. The molecule has 2 aromatic rings. The molecule has 154 valence electrons. The molecule has 29 heavy (non-hydrogen) atoms. The summed E-state index contributed by atoms with van der Waals surface area (Å²) >= 11 is 0. The third-order valence-corrected chi connectivity index (χ3v) is 6.36. The van der Waals surface area contributed by atoms with E-state index >= 15 is 0 Å². The Morgan fingerprint density at radius 1 is 1.03 bits per heavy atom. The van der Waals surface area contributed by atoms with E-state index in [-0.39, 0.29) is 16.0 Å². The Labute approximate surface area is 169 Å². The van der Waals surface area contributed by atoms with Gasteiger partial charge >= 0.3 is 5.97 Å². The van der Waals surface area contributed by atoms with Gasteiger partial charge in [0.1, 0.15) is 11.3 Å². The van der Waals surface area contributed by atoms with Gasteiger partial charge in [0, 0.05) is 18.7 Å². The molecule has 3 rings (SSSR count). The smallest absolute Gasteiger partial charge is 0.342 e. The molecule has 1 saturated heterocycles. The van der Waals surface area contributed by atoms with E-state index in [9.17, 15) is 18.0 Å². The molecule has 1 heterocycles. The largest absolute Gasteiger partial charge is 0.496 e. The molecular formula is C20H21NO7S. The second-order valence-corrected chi connectivity index (χ2v) is 8.18. The number of ketones is 1. The molecule has 9 heteroatoms. The quantitative estimate of drug-likeness (QED) is 0.498. The molecule has 0 N–H and O–H groups in total. The van der Waals surface area contributed by atoms with Gasteiger partial charge in [0.25, 0.3) is 0 Å². The predicted octanol–water partition coefficient (Wildman–Crippen LogP) is 1.76. The lowest BCUT2D eigenvalue weighted by Gasteiger charge is -2.26. The zero-order valence-corrected chi connectivity index (χ0v) is 16.7. The zero-order valence-electron chi connectivity index (χ0n) is 15.9. The summed E-state index contributed by atoms with van der Waals surface area (Å²) in [5.41, 5.74) is 0.466. The SMILES string of the molecule is COc1ccccc1C(=O)OCC(=O)c1ccc(S(=O)(=O)N2CCOCC2)cc1. The molecule has 0 bridgehead atoms. The number of methoxy groups -OCH3 is 1. The number of hydrogen-bond donors (Lipinski definition) is 0. The maximum absolute atomic E-state index is 12.6. The number of para-hydroxylation sites is 1. The number of sulfonamides is 1. The van der Waals surface area contributed by atoms with Gasteiger partial charge in [0.05, 0.1) is 25.2 Å². The Kier molecular flexibility index (Phi) is 6.63. The van der Waals surface area contributed by atoms with Gasteiger partial charge in [-0.05, 0) is 36.4 Å². The summed E-state index contributed by atoms with van der Waals surface area (Å²) in [5.74, 6) is -0.770. The summed E-state index contributed by atoms with van der Waals surface area (Å²) in [6.45, 7) is 0.830. The third kappa shape index (κ3) is 4.81. The summed E-state index contributed by atoms with van der Waals surface area (Å²) in [6, 6.07) is 12.1. The van der Waals surface area contributed by atoms with Gasteiger partial charge in [-0.3, -0.25) is 4.79 Å². The lowest BCUT2D eigenvalue weighted by Crippen LogP contribution is -2.40. The molecule has 0 aromatic heterocycles. The second kappa shape index (κ2) is 9.17. The van der Waals surface area contributed by atoms with Crippen LogP contribution >= 0.6 is 0 Å². The first-order valence-corrected chi connectivity index (χ1v) is 10.4. The van der Waals surface area contributed by atoms with Crippen LogP contribution < -0.4 is 4.74 Å². The highest BCUT2D eigenvalue weighted by Gasteiger charge is 2.26. The summed E-state index contributed by atoms with van der Waals surface area (Å²) in [4.78, 5) is 24.6. The van der Waals surface area contributed by atoms with Crippen LogP contribution in [-0.4, -0.2) is 64.5 Å². The van der Waals surface area contributed by atoms with Crippen molar-refractivity contribution in [1.82, 2.24) is 4.31 Å². The molecule has 0 unspecified atom stereocenters. The van der Waals surface area contributed by atoms with Crippen molar-refractivity contribution in [3.8, 4) is 5.75 Å². The number of Topliss-reactive ketones (excluding diaryl/α,β-unsaturated/α-hetero) is 1. The molecule has 0 spiro atoms.